The zero-order chi connectivity index (χ0) is 19.1. The van der Waals surface area contributed by atoms with Crippen LogP contribution in [0, 0.1) is 23.5 Å². The van der Waals surface area contributed by atoms with Gasteiger partial charge < -0.3 is 20.3 Å². The van der Waals surface area contributed by atoms with Crippen LogP contribution in [-0.4, -0.2) is 28.2 Å². The topological polar surface area (TPSA) is 83.4 Å². The van der Waals surface area contributed by atoms with Crippen LogP contribution in [0.25, 0.3) is 0 Å². The lowest BCUT2D eigenvalue weighted by Gasteiger charge is -2.27. The average Bonchev–Trinajstić information content (AvgIpc) is 2.92. The second kappa shape index (κ2) is 6.86. The van der Waals surface area contributed by atoms with E-state index in [1.807, 2.05) is 0 Å². The summed E-state index contributed by atoms with van der Waals surface area (Å²) in [6, 6.07) is 7.39. The molecule has 1 aromatic carbocycles. The van der Waals surface area contributed by atoms with Crippen molar-refractivity contribution in [1.82, 2.24) is 15.2 Å². The summed E-state index contributed by atoms with van der Waals surface area (Å²) in [6.07, 6.45) is 0. The van der Waals surface area contributed by atoms with E-state index in [9.17, 15) is 23.5 Å². The zero-order valence-electron chi connectivity index (χ0n) is 14.4. The Morgan fingerprint density at radius 2 is 2.00 bits per heavy atom. The van der Waals surface area contributed by atoms with Crippen molar-refractivity contribution in [3.63, 3.8) is 0 Å². The summed E-state index contributed by atoms with van der Waals surface area (Å²) in [4.78, 5) is 25.0. The van der Waals surface area contributed by atoms with E-state index in [4.69, 9.17) is 0 Å². The number of nitrogens with one attached hydrogen (secondary N) is 2. The summed E-state index contributed by atoms with van der Waals surface area (Å²) in [5.41, 5.74) is 0.871. The fourth-order valence-electron chi connectivity index (χ4n) is 4.22. The van der Waals surface area contributed by atoms with Gasteiger partial charge in [-0.3, -0.25) is 9.59 Å². The van der Waals surface area contributed by atoms with Gasteiger partial charge in [0, 0.05) is 49.5 Å². The first-order valence-electron chi connectivity index (χ1n) is 8.77. The fraction of sp³-hybridized carbons (Fsp3) is 0.368. The van der Waals surface area contributed by atoms with Crippen molar-refractivity contribution >= 4 is 5.91 Å². The second-order valence-electron chi connectivity index (χ2n) is 7.02. The van der Waals surface area contributed by atoms with Crippen LogP contribution >= 0.6 is 0 Å². The molecule has 1 saturated heterocycles. The normalized spacial score (nSPS) is 25.9. The fourth-order valence-corrected chi connectivity index (χ4v) is 4.22. The molecule has 6 nitrogen and oxygen atoms in total. The molecule has 0 spiro atoms. The van der Waals surface area contributed by atoms with E-state index < -0.39 is 23.6 Å². The summed E-state index contributed by atoms with van der Waals surface area (Å²) >= 11 is 0. The second-order valence-corrected chi connectivity index (χ2v) is 7.02. The molecule has 3 heterocycles. The number of carbonyl (C=O) groups excluding carboxylic acids is 1. The van der Waals surface area contributed by atoms with Crippen LogP contribution < -0.4 is 16.2 Å². The molecule has 2 aliphatic rings. The SMILES string of the molecule is O=C(NCc1cc(F)cc(F)c1)[C@@H]1[C@@H](CO)[C@@H]2Cn3c(cccc3=O)[C@H]1N2. The van der Waals surface area contributed by atoms with Crippen LogP contribution in [0.2, 0.25) is 0 Å². The van der Waals surface area contributed by atoms with Gasteiger partial charge in [0.1, 0.15) is 11.6 Å². The number of amides is 1. The molecule has 4 atom stereocenters. The molecule has 2 aromatic rings. The molecule has 27 heavy (non-hydrogen) atoms. The molecule has 0 aliphatic carbocycles. The number of benzene rings is 1. The summed E-state index contributed by atoms with van der Waals surface area (Å²) < 4.78 is 28.3. The first-order chi connectivity index (χ1) is 13.0. The van der Waals surface area contributed by atoms with Gasteiger partial charge in [-0.1, -0.05) is 6.07 Å². The van der Waals surface area contributed by atoms with Gasteiger partial charge in [-0.2, -0.15) is 0 Å². The molecule has 1 fully saturated rings. The number of rotatable bonds is 4. The Morgan fingerprint density at radius 3 is 2.70 bits per heavy atom. The van der Waals surface area contributed by atoms with Crippen LogP contribution in [0.15, 0.2) is 41.2 Å². The molecule has 0 unspecified atom stereocenters. The van der Waals surface area contributed by atoms with Crippen LogP contribution in [0.5, 0.6) is 0 Å². The lowest BCUT2D eigenvalue weighted by molar-refractivity contribution is -0.127. The number of pyridine rings is 1. The first kappa shape index (κ1) is 17.8. The number of aliphatic hydroxyl groups is 1. The van der Waals surface area contributed by atoms with Crippen molar-refractivity contribution in [2.45, 2.75) is 25.2 Å². The van der Waals surface area contributed by atoms with Crippen molar-refractivity contribution in [1.29, 1.82) is 0 Å². The number of aromatic nitrogens is 1. The van der Waals surface area contributed by atoms with Gasteiger partial charge in [0.05, 0.1) is 12.0 Å². The van der Waals surface area contributed by atoms with Gasteiger partial charge in [0.2, 0.25) is 5.91 Å². The number of nitrogens with zero attached hydrogens (tertiary/aromatic N) is 1. The van der Waals surface area contributed by atoms with E-state index in [1.165, 1.54) is 6.07 Å². The number of carbonyl (C=O) groups is 1. The molecule has 2 aliphatic heterocycles. The zero-order valence-corrected chi connectivity index (χ0v) is 14.4. The van der Waals surface area contributed by atoms with Gasteiger partial charge in [0.25, 0.3) is 5.56 Å². The number of hydrogen-bond acceptors (Lipinski definition) is 4. The molecular weight excluding hydrogens is 356 g/mol. The monoisotopic (exact) mass is 375 g/mol. The average molecular weight is 375 g/mol. The van der Waals surface area contributed by atoms with E-state index >= 15 is 0 Å². The number of fused-ring (bicyclic) bond motifs is 4. The Balaban J connectivity index is 1.58. The molecule has 1 aromatic heterocycles. The minimum Gasteiger partial charge on any atom is -0.396 e. The van der Waals surface area contributed by atoms with E-state index in [2.05, 4.69) is 10.6 Å². The molecule has 142 valence electrons. The maximum Gasteiger partial charge on any atom is 0.250 e. The number of aliphatic hydroxyl groups excluding tert-OH is 1. The Hall–Kier alpha value is -2.58. The molecule has 3 N–H and O–H groups in total. The van der Waals surface area contributed by atoms with E-state index in [-0.39, 0.29) is 36.6 Å². The molecule has 8 heteroatoms. The van der Waals surface area contributed by atoms with Crippen LogP contribution in [0.3, 0.4) is 0 Å². The highest BCUT2D eigenvalue weighted by molar-refractivity contribution is 5.80. The minimum atomic E-state index is -0.709. The lowest BCUT2D eigenvalue weighted by Crippen LogP contribution is -2.43. The molecule has 0 saturated carbocycles. The van der Waals surface area contributed by atoms with Gasteiger partial charge in [-0.25, -0.2) is 8.78 Å². The standard InChI is InChI=1S/C19H19F2N3O3/c20-11-4-10(5-12(21)6-11)7-22-19(27)17-13(9-25)14-8-24-15(18(17)23-14)2-1-3-16(24)26/h1-6,13-14,17-18,23,25H,7-9H2,(H,22,27)/t13-,14-,17+,18+/m0/s1. The first-order valence-corrected chi connectivity index (χ1v) is 8.77. The molecule has 2 bridgehead atoms. The minimum absolute atomic E-state index is 0.0266. The molecular formula is C19H19F2N3O3. The van der Waals surface area contributed by atoms with Crippen molar-refractivity contribution < 1.29 is 18.7 Å². The van der Waals surface area contributed by atoms with Crippen molar-refractivity contribution in [3.8, 4) is 0 Å². The predicted molar refractivity (Wildman–Crippen MR) is 92.6 cm³/mol. The summed E-state index contributed by atoms with van der Waals surface area (Å²) in [6.45, 7) is 0.153. The van der Waals surface area contributed by atoms with E-state index in [0.717, 1.165) is 18.2 Å². The Labute approximate surface area is 153 Å². The largest absolute Gasteiger partial charge is 0.396 e. The summed E-state index contributed by atoms with van der Waals surface area (Å²) in [5, 5.41) is 15.9. The predicted octanol–water partition coefficient (Wildman–Crippen LogP) is 0.694. The Kier molecular flexibility index (Phi) is 4.53. The van der Waals surface area contributed by atoms with E-state index in [0.29, 0.717) is 17.8 Å². The van der Waals surface area contributed by atoms with Gasteiger partial charge in [-0.05, 0) is 23.8 Å². The van der Waals surface area contributed by atoms with Gasteiger partial charge in [0.15, 0.2) is 0 Å². The van der Waals surface area contributed by atoms with Crippen LogP contribution in [0.1, 0.15) is 17.3 Å². The van der Waals surface area contributed by atoms with Crippen LogP contribution in [0.4, 0.5) is 8.78 Å². The smallest absolute Gasteiger partial charge is 0.250 e. The molecule has 1 amide bonds. The maximum atomic E-state index is 13.3. The highest BCUT2D eigenvalue weighted by Crippen LogP contribution is 2.40. The third-order valence-corrected chi connectivity index (χ3v) is 5.41. The lowest BCUT2D eigenvalue weighted by atomic mass is 9.86. The van der Waals surface area contributed by atoms with Crippen molar-refractivity contribution in [3.05, 3.63) is 69.6 Å². The highest BCUT2D eigenvalue weighted by Gasteiger charge is 2.50. The van der Waals surface area contributed by atoms with E-state index in [1.54, 1.807) is 16.7 Å². The summed E-state index contributed by atoms with van der Waals surface area (Å²) in [5.74, 6) is -2.70. The highest BCUT2D eigenvalue weighted by atomic mass is 19.1. The third-order valence-electron chi connectivity index (χ3n) is 5.41. The molecule has 4 rings (SSSR count). The quantitative estimate of drug-likeness (QED) is 0.735. The number of halogens is 2. The number of hydrogen-bond donors (Lipinski definition) is 3. The van der Waals surface area contributed by atoms with Crippen molar-refractivity contribution in [2.24, 2.45) is 11.8 Å². The van der Waals surface area contributed by atoms with Crippen molar-refractivity contribution in [2.75, 3.05) is 6.61 Å². The Bertz CT molecular complexity index is 926. The van der Waals surface area contributed by atoms with Gasteiger partial charge in [-0.15, -0.1) is 0 Å². The third kappa shape index (κ3) is 3.15. The molecule has 0 radical (unpaired) electrons. The summed E-state index contributed by atoms with van der Waals surface area (Å²) in [7, 11) is 0. The van der Waals surface area contributed by atoms with Crippen LogP contribution in [-0.2, 0) is 17.9 Å². The van der Waals surface area contributed by atoms with Gasteiger partial charge >= 0.3 is 0 Å². The Morgan fingerprint density at radius 1 is 1.26 bits per heavy atom. The maximum absolute atomic E-state index is 13.3.